The van der Waals surface area contributed by atoms with Gasteiger partial charge in [-0.1, -0.05) is 41.9 Å². The lowest BCUT2D eigenvalue weighted by Gasteiger charge is -2.48. The van der Waals surface area contributed by atoms with E-state index in [-0.39, 0.29) is 53.5 Å². The van der Waals surface area contributed by atoms with Gasteiger partial charge >= 0.3 is 11.8 Å². The number of aromatic amines is 2. The zero-order valence-electron chi connectivity index (χ0n) is 21.2. The fourth-order valence-electron chi connectivity index (χ4n) is 4.76. The number of likely N-dealkylation sites (tertiary alicyclic amines) is 1. The molecule has 1 aliphatic rings. The Morgan fingerprint density at radius 1 is 1.12 bits per heavy atom. The monoisotopic (exact) mass is 587 g/mol. The van der Waals surface area contributed by atoms with E-state index in [1.165, 1.54) is 22.7 Å². The lowest BCUT2D eigenvalue weighted by Crippen LogP contribution is -2.61. The molecule has 0 unspecified atom stereocenters. The smallest absolute Gasteiger partial charge is 0.410 e. The van der Waals surface area contributed by atoms with Gasteiger partial charge in [0.2, 0.25) is 0 Å². The normalized spacial score (nSPS) is 14.3. The molecule has 0 atom stereocenters. The molecule has 3 aromatic carbocycles. The lowest BCUT2D eigenvalue weighted by atomic mass is 9.83. The molecule has 0 spiro atoms. The number of amides is 1. The van der Waals surface area contributed by atoms with Gasteiger partial charge in [0.25, 0.3) is 5.56 Å². The van der Waals surface area contributed by atoms with Crippen molar-refractivity contribution >= 4 is 40.4 Å². The van der Waals surface area contributed by atoms with Crippen molar-refractivity contribution < 1.29 is 23.4 Å². The molecule has 40 heavy (non-hydrogen) atoms. The highest BCUT2D eigenvalue weighted by molar-refractivity contribution is 7.99. The number of halogens is 3. The van der Waals surface area contributed by atoms with Crippen molar-refractivity contribution in [2.45, 2.75) is 18.4 Å². The molecule has 8 nitrogen and oxygen atoms in total. The molecule has 0 bridgehead atoms. The number of carbonyl (C=O) groups excluding carboxylic acids is 1. The Morgan fingerprint density at radius 3 is 2.55 bits per heavy atom. The topological polar surface area (TPSA) is 115 Å². The van der Waals surface area contributed by atoms with E-state index >= 15 is 4.39 Å². The summed E-state index contributed by atoms with van der Waals surface area (Å²) in [5.74, 6) is -1.54. The molecular weight excluding hydrogens is 564 g/mol. The second-order valence-corrected chi connectivity index (χ2v) is 11.2. The predicted molar refractivity (Wildman–Crippen MR) is 149 cm³/mol. The summed E-state index contributed by atoms with van der Waals surface area (Å²) in [6, 6.07) is 12.6. The van der Waals surface area contributed by atoms with Gasteiger partial charge in [0.05, 0.1) is 22.5 Å². The van der Waals surface area contributed by atoms with E-state index in [0.29, 0.717) is 22.1 Å². The maximum absolute atomic E-state index is 15.0. The number of ether oxygens (including phenoxy) is 1. The Balaban J connectivity index is 1.45. The number of rotatable bonds is 7. The van der Waals surface area contributed by atoms with Gasteiger partial charge in [0.15, 0.2) is 0 Å². The van der Waals surface area contributed by atoms with Gasteiger partial charge < -0.3 is 19.7 Å². The van der Waals surface area contributed by atoms with Crippen LogP contribution in [0.15, 0.2) is 63.0 Å². The third kappa shape index (κ3) is 5.36. The fourth-order valence-corrected chi connectivity index (χ4v) is 6.37. The van der Waals surface area contributed by atoms with E-state index in [1.54, 1.807) is 6.92 Å². The molecule has 1 saturated heterocycles. The second kappa shape index (κ2) is 11.1. The number of nitrogens with one attached hydrogen (secondary N) is 2. The first kappa shape index (κ1) is 27.9. The first-order valence-corrected chi connectivity index (χ1v) is 13.6. The predicted octanol–water partition coefficient (Wildman–Crippen LogP) is 4.85. The summed E-state index contributed by atoms with van der Waals surface area (Å²) >= 11 is 7.17. The fraction of sp³-hybridized carbons (Fsp3) is 0.250. The van der Waals surface area contributed by atoms with Gasteiger partial charge in [-0.25, -0.2) is 18.4 Å². The first-order valence-electron chi connectivity index (χ1n) is 12.2. The minimum Gasteiger partial charge on any atom is -0.445 e. The number of fused-ring (bicyclic) bond motifs is 1. The maximum atomic E-state index is 15.0. The van der Waals surface area contributed by atoms with Crippen LogP contribution >= 0.6 is 23.4 Å². The third-order valence-corrected chi connectivity index (χ3v) is 8.59. The van der Waals surface area contributed by atoms with E-state index in [0.717, 1.165) is 11.6 Å². The zero-order valence-corrected chi connectivity index (χ0v) is 22.8. The molecule has 1 aromatic heterocycles. The summed E-state index contributed by atoms with van der Waals surface area (Å²) in [6.45, 7) is 1.93. The van der Waals surface area contributed by atoms with Crippen LogP contribution in [0.2, 0.25) is 5.02 Å². The Labute approximate surface area is 235 Å². The minimum absolute atomic E-state index is 0.00722. The molecule has 208 valence electrons. The van der Waals surface area contributed by atoms with E-state index in [4.69, 9.17) is 16.3 Å². The molecule has 0 radical (unpaired) electrons. The van der Waals surface area contributed by atoms with E-state index in [1.807, 2.05) is 30.3 Å². The summed E-state index contributed by atoms with van der Waals surface area (Å²) in [6.07, 6.45) is -0.515. The molecule has 0 aliphatic carbocycles. The van der Waals surface area contributed by atoms with Gasteiger partial charge in [-0.05, 0) is 30.2 Å². The molecule has 0 saturated carbocycles. The zero-order chi connectivity index (χ0) is 28.6. The first-order chi connectivity index (χ1) is 19.1. The maximum Gasteiger partial charge on any atom is 0.410 e. The number of nitrogens with zero attached hydrogens (tertiary/aromatic N) is 1. The Kier molecular flexibility index (Phi) is 7.72. The van der Waals surface area contributed by atoms with Crippen LogP contribution in [-0.4, -0.2) is 51.5 Å². The number of carbonyl (C=O) groups is 1. The van der Waals surface area contributed by atoms with E-state index < -0.39 is 34.4 Å². The summed E-state index contributed by atoms with van der Waals surface area (Å²) in [5, 5.41) is 10.1. The number of aryl methyl sites for hydroxylation is 1. The number of H-pyrrole nitrogens is 2. The number of aromatic nitrogens is 2. The quantitative estimate of drug-likeness (QED) is 0.210. The van der Waals surface area contributed by atoms with Gasteiger partial charge in [0.1, 0.15) is 18.2 Å². The average molecular weight is 588 g/mol. The minimum atomic E-state index is -0.923. The van der Waals surface area contributed by atoms with Gasteiger partial charge in [-0.3, -0.25) is 9.78 Å². The standard InChI is InChI=1S/C28H24ClF2N3O5S/c1-15-7-18-23(32-26(37)33-25(18)36)24(22(15)17-8-19(29)21(31)9-20(17)30)40-14-28(13-35)11-34(12-28)27(38)39-10-16-5-3-2-4-6-16/h2-9,35H,10-14H2,1H3,(H2,32,33,36,37). The van der Waals surface area contributed by atoms with Crippen molar-refractivity contribution in [1.29, 1.82) is 0 Å². The van der Waals surface area contributed by atoms with Crippen LogP contribution in [-0.2, 0) is 11.3 Å². The number of aliphatic hydroxyl groups excluding tert-OH is 1. The van der Waals surface area contributed by atoms with Crippen LogP contribution in [0.25, 0.3) is 22.0 Å². The largest absolute Gasteiger partial charge is 0.445 e. The summed E-state index contributed by atoms with van der Waals surface area (Å²) in [7, 11) is 0. The van der Waals surface area contributed by atoms with Crippen LogP contribution in [0.3, 0.4) is 0 Å². The molecule has 4 aromatic rings. The third-order valence-electron chi connectivity index (χ3n) is 6.84. The molecule has 1 fully saturated rings. The van der Waals surface area contributed by atoms with Crippen molar-refractivity contribution in [3.63, 3.8) is 0 Å². The highest BCUT2D eigenvalue weighted by Gasteiger charge is 2.45. The number of hydrogen-bond donors (Lipinski definition) is 3. The molecule has 12 heteroatoms. The molecular formula is C28H24ClF2N3O5S. The number of benzene rings is 3. The number of thioether (sulfide) groups is 1. The van der Waals surface area contributed by atoms with Crippen molar-refractivity contribution in [2.24, 2.45) is 5.41 Å². The van der Waals surface area contributed by atoms with Gasteiger partial charge in [-0.2, -0.15) is 0 Å². The number of aliphatic hydroxyl groups is 1. The second-order valence-electron chi connectivity index (χ2n) is 9.82. The van der Waals surface area contributed by atoms with Crippen LogP contribution < -0.4 is 11.2 Å². The summed E-state index contributed by atoms with van der Waals surface area (Å²) < 4.78 is 34.4. The molecule has 2 heterocycles. The molecule has 1 amide bonds. The van der Waals surface area contributed by atoms with Gasteiger partial charge in [0, 0.05) is 46.3 Å². The summed E-state index contributed by atoms with van der Waals surface area (Å²) in [4.78, 5) is 44.0. The molecule has 5 rings (SSSR count). The SMILES string of the molecule is Cc1cc2c(=O)[nH]c(=O)[nH]c2c(SCC2(CO)CN(C(=O)OCc3ccccc3)C2)c1-c1cc(Cl)c(F)cc1F. The molecule has 1 aliphatic heterocycles. The highest BCUT2D eigenvalue weighted by atomic mass is 35.5. The van der Waals surface area contributed by atoms with Gasteiger partial charge in [-0.15, -0.1) is 11.8 Å². The lowest BCUT2D eigenvalue weighted by molar-refractivity contribution is -0.0233. The molecule has 3 N–H and O–H groups in total. The van der Waals surface area contributed by atoms with Crippen molar-refractivity contribution in [1.82, 2.24) is 14.9 Å². The summed E-state index contributed by atoms with van der Waals surface area (Å²) in [5.41, 5.74) is -0.268. The van der Waals surface area contributed by atoms with E-state index in [9.17, 15) is 23.9 Å². The number of hydrogen-bond acceptors (Lipinski definition) is 6. The Hall–Kier alpha value is -3.67. The van der Waals surface area contributed by atoms with Crippen LogP contribution in [0.1, 0.15) is 11.1 Å². The van der Waals surface area contributed by atoms with Crippen LogP contribution in [0.4, 0.5) is 13.6 Å². The Morgan fingerprint density at radius 2 is 1.85 bits per heavy atom. The van der Waals surface area contributed by atoms with Crippen molar-refractivity contribution in [3.8, 4) is 11.1 Å². The van der Waals surface area contributed by atoms with E-state index in [2.05, 4.69) is 9.97 Å². The van der Waals surface area contributed by atoms with Crippen LogP contribution in [0, 0.1) is 24.0 Å². The van der Waals surface area contributed by atoms with Crippen molar-refractivity contribution in [3.05, 3.63) is 97.2 Å². The highest BCUT2D eigenvalue weighted by Crippen LogP contribution is 2.44. The van der Waals surface area contributed by atoms with Crippen molar-refractivity contribution in [2.75, 3.05) is 25.4 Å². The average Bonchev–Trinajstić information content (AvgIpc) is 2.90. The van der Waals surface area contributed by atoms with Crippen LogP contribution in [0.5, 0.6) is 0 Å². The Bertz CT molecular complexity index is 1720.